The Labute approximate surface area is 89.3 Å². The zero-order valence-electron chi connectivity index (χ0n) is 8.04. The van der Waals surface area contributed by atoms with Crippen LogP contribution in [0.5, 0.6) is 0 Å². The van der Waals surface area contributed by atoms with Crippen LogP contribution >= 0.6 is 0 Å². The van der Waals surface area contributed by atoms with E-state index in [0.29, 0.717) is 0 Å². The van der Waals surface area contributed by atoms with Crippen molar-refractivity contribution in [3.63, 3.8) is 0 Å². The highest BCUT2D eigenvalue weighted by atomic mass is 19.4. The molecule has 0 amide bonds. The number of hydrogen-bond donors (Lipinski definition) is 0. The van der Waals surface area contributed by atoms with E-state index in [1.54, 1.807) is 0 Å². The van der Waals surface area contributed by atoms with Crippen molar-refractivity contribution < 1.29 is 22.7 Å². The molecule has 1 aliphatic heterocycles. The van der Waals surface area contributed by atoms with Gasteiger partial charge in [-0.25, -0.2) is 0 Å². The van der Waals surface area contributed by atoms with Crippen LogP contribution in [0.2, 0.25) is 0 Å². The number of esters is 1. The van der Waals surface area contributed by atoms with Gasteiger partial charge in [0, 0.05) is 5.56 Å². The first kappa shape index (κ1) is 10.7. The molecule has 1 aliphatic rings. The number of alkyl halides is 3. The molecule has 0 radical (unpaired) electrons. The number of carbonyl (C=O) groups is 1. The Kier molecular flexibility index (Phi) is 2.46. The Bertz CT molecular complexity index is 461. The van der Waals surface area contributed by atoms with Gasteiger partial charge in [0.25, 0.3) is 0 Å². The lowest BCUT2D eigenvalue weighted by Crippen LogP contribution is -2.09. The average Bonchev–Trinajstić information content (AvgIpc) is 2.64. The van der Waals surface area contributed by atoms with Gasteiger partial charge >= 0.3 is 12.1 Å². The molecule has 0 spiro atoms. The van der Waals surface area contributed by atoms with E-state index in [4.69, 9.17) is 4.74 Å². The molecule has 2 nitrogen and oxygen atoms in total. The summed E-state index contributed by atoms with van der Waals surface area (Å²) in [6.45, 7) is 0. The van der Waals surface area contributed by atoms with Gasteiger partial charge in [-0.1, -0.05) is 18.2 Å². The molecular weight excluding hydrogens is 221 g/mol. The number of ether oxygens (including phenoxy) is 1. The molecule has 0 saturated carbocycles. The Morgan fingerprint density at radius 2 is 1.88 bits per heavy atom. The standard InChI is InChI=1S/C11H7F3O2/c12-11(13,14)8-4-2-1-3-7(8)9-5-6-10(15)16-9/h1-5H,6H2. The van der Waals surface area contributed by atoms with E-state index in [2.05, 4.69) is 0 Å². The lowest BCUT2D eigenvalue weighted by molar-refractivity contribution is -0.139. The van der Waals surface area contributed by atoms with Crippen LogP contribution in [0.3, 0.4) is 0 Å². The van der Waals surface area contributed by atoms with Crippen molar-refractivity contribution in [3.8, 4) is 0 Å². The topological polar surface area (TPSA) is 26.3 Å². The number of cyclic esters (lactones) is 1. The minimum Gasteiger partial charge on any atom is -0.426 e. The van der Waals surface area contributed by atoms with Crippen molar-refractivity contribution in [1.29, 1.82) is 0 Å². The molecule has 5 heteroatoms. The summed E-state index contributed by atoms with van der Waals surface area (Å²) < 4.78 is 42.6. The summed E-state index contributed by atoms with van der Waals surface area (Å²) in [6, 6.07) is 5.01. The molecule has 0 aliphatic carbocycles. The number of benzene rings is 1. The second kappa shape index (κ2) is 3.66. The van der Waals surface area contributed by atoms with Crippen molar-refractivity contribution in [3.05, 3.63) is 41.5 Å². The van der Waals surface area contributed by atoms with Gasteiger partial charge in [-0.2, -0.15) is 13.2 Å². The van der Waals surface area contributed by atoms with E-state index in [9.17, 15) is 18.0 Å². The molecule has 0 fully saturated rings. The fourth-order valence-corrected chi connectivity index (χ4v) is 1.49. The van der Waals surface area contributed by atoms with E-state index >= 15 is 0 Å². The van der Waals surface area contributed by atoms with Gasteiger partial charge in [-0.05, 0) is 12.1 Å². The fourth-order valence-electron chi connectivity index (χ4n) is 1.49. The molecule has 16 heavy (non-hydrogen) atoms. The van der Waals surface area contributed by atoms with Crippen molar-refractivity contribution in [1.82, 2.24) is 0 Å². The van der Waals surface area contributed by atoms with Crippen LogP contribution in [0.25, 0.3) is 5.76 Å². The van der Waals surface area contributed by atoms with Crippen molar-refractivity contribution in [2.75, 3.05) is 0 Å². The van der Waals surface area contributed by atoms with Gasteiger partial charge in [0.15, 0.2) is 0 Å². The van der Waals surface area contributed by atoms with Crippen LogP contribution in [0.15, 0.2) is 30.3 Å². The van der Waals surface area contributed by atoms with Crippen LogP contribution < -0.4 is 0 Å². The maximum atomic E-state index is 12.6. The summed E-state index contributed by atoms with van der Waals surface area (Å²) in [6.07, 6.45) is -3.08. The quantitative estimate of drug-likeness (QED) is 0.690. The van der Waals surface area contributed by atoms with Crippen LogP contribution in [0, 0.1) is 0 Å². The van der Waals surface area contributed by atoms with Crippen molar-refractivity contribution >= 4 is 11.7 Å². The van der Waals surface area contributed by atoms with Crippen LogP contribution in [0.4, 0.5) is 13.2 Å². The van der Waals surface area contributed by atoms with Crippen LogP contribution in [-0.4, -0.2) is 5.97 Å². The predicted molar refractivity (Wildman–Crippen MR) is 50.1 cm³/mol. The van der Waals surface area contributed by atoms with E-state index in [1.807, 2.05) is 0 Å². The summed E-state index contributed by atoms with van der Waals surface area (Å²) in [5.41, 5.74) is -0.892. The maximum Gasteiger partial charge on any atom is 0.417 e. The zero-order chi connectivity index (χ0) is 11.8. The first-order valence-corrected chi connectivity index (χ1v) is 4.56. The first-order valence-electron chi connectivity index (χ1n) is 4.56. The minimum absolute atomic E-state index is 0.0154. The van der Waals surface area contributed by atoms with Gasteiger partial charge in [0.1, 0.15) is 5.76 Å². The number of carbonyl (C=O) groups excluding carboxylic acids is 1. The zero-order valence-corrected chi connectivity index (χ0v) is 8.04. The predicted octanol–water partition coefficient (Wildman–Crippen LogP) is 2.99. The van der Waals surface area contributed by atoms with Gasteiger partial charge in [-0.15, -0.1) is 0 Å². The van der Waals surface area contributed by atoms with Gasteiger partial charge in [0.05, 0.1) is 12.0 Å². The molecular formula is C11H7F3O2. The summed E-state index contributed by atoms with van der Waals surface area (Å²) in [5, 5.41) is 0. The highest BCUT2D eigenvalue weighted by molar-refractivity contribution is 5.86. The molecule has 1 aromatic rings. The van der Waals surface area contributed by atoms with Crippen LogP contribution in [0.1, 0.15) is 17.5 Å². The highest BCUT2D eigenvalue weighted by Gasteiger charge is 2.35. The second-order valence-corrected chi connectivity index (χ2v) is 3.29. The molecule has 1 aromatic carbocycles. The SMILES string of the molecule is O=C1CC=C(c2ccccc2C(F)(F)F)O1. The smallest absolute Gasteiger partial charge is 0.417 e. The van der Waals surface area contributed by atoms with Crippen LogP contribution in [-0.2, 0) is 15.7 Å². The van der Waals surface area contributed by atoms with Gasteiger partial charge in [0.2, 0.25) is 0 Å². The minimum atomic E-state index is -4.45. The summed E-state index contributed by atoms with van der Waals surface area (Å²) >= 11 is 0. The number of halogens is 3. The van der Waals surface area contributed by atoms with E-state index in [1.165, 1.54) is 24.3 Å². The molecule has 0 unspecified atom stereocenters. The number of rotatable bonds is 1. The third-order valence-electron chi connectivity index (χ3n) is 2.18. The molecule has 0 bridgehead atoms. The summed E-state index contributed by atoms with van der Waals surface area (Å²) in [4.78, 5) is 10.8. The molecule has 0 N–H and O–H groups in total. The van der Waals surface area contributed by atoms with E-state index < -0.39 is 17.7 Å². The molecule has 2 rings (SSSR count). The molecule has 84 valence electrons. The summed E-state index contributed by atoms with van der Waals surface area (Å²) in [5.74, 6) is -0.551. The fraction of sp³-hybridized carbons (Fsp3) is 0.182. The van der Waals surface area contributed by atoms with Crippen molar-refractivity contribution in [2.24, 2.45) is 0 Å². The average molecular weight is 228 g/mol. The molecule has 0 atom stereocenters. The summed E-state index contributed by atoms with van der Waals surface area (Å²) in [7, 11) is 0. The van der Waals surface area contributed by atoms with E-state index in [0.717, 1.165) is 6.07 Å². The molecule has 0 saturated heterocycles. The Hall–Kier alpha value is -1.78. The Morgan fingerprint density at radius 1 is 1.19 bits per heavy atom. The van der Waals surface area contributed by atoms with Gasteiger partial charge in [-0.3, -0.25) is 4.79 Å². The second-order valence-electron chi connectivity index (χ2n) is 3.29. The lowest BCUT2D eigenvalue weighted by Gasteiger charge is -2.12. The third kappa shape index (κ3) is 1.93. The lowest BCUT2D eigenvalue weighted by atomic mass is 10.1. The normalized spacial score (nSPS) is 15.9. The maximum absolute atomic E-state index is 12.6. The monoisotopic (exact) mass is 228 g/mol. The third-order valence-corrected chi connectivity index (χ3v) is 2.18. The molecule has 0 aromatic heterocycles. The highest BCUT2D eigenvalue weighted by Crippen LogP contribution is 2.36. The number of hydrogen-bond acceptors (Lipinski definition) is 2. The first-order chi connectivity index (χ1) is 7.48. The van der Waals surface area contributed by atoms with Crippen molar-refractivity contribution in [2.45, 2.75) is 12.6 Å². The molecule has 1 heterocycles. The Morgan fingerprint density at radius 3 is 2.44 bits per heavy atom. The van der Waals surface area contributed by atoms with Gasteiger partial charge < -0.3 is 4.74 Å². The largest absolute Gasteiger partial charge is 0.426 e. The Balaban J connectivity index is 2.45. The van der Waals surface area contributed by atoms with E-state index in [-0.39, 0.29) is 17.7 Å².